The van der Waals surface area contributed by atoms with Gasteiger partial charge in [-0.15, -0.1) is 0 Å². The molecule has 5 atom stereocenters. The van der Waals surface area contributed by atoms with E-state index in [0.717, 1.165) is 0 Å². The van der Waals surface area contributed by atoms with Crippen molar-refractivity contribution >= 4 is 39.8 Å². The van der Waals surface area contributed by atoms with Gasteiger partial charge in [-0.1, -0.05) is 30.4 Å². The van der Waals surface area contributed by atoms with Crippen molar-refractivity contribution < 1.29 is 46.6 Å². The van der Waals surface area contributed by atoms with Crippen molar-refractivity contribution in [3.8, 4) is 0 Å². The van der Waals surface area contributed by atoms with E-state index in [-0.39, 0.29) is 44.4 Å². The van der Waals surface area contributed by atoms with Gasteiger partial charge in [-0.25, -0.2) is 18.0 Å². The summed E-state index contributed by atoms with van der Waals surface area (Å²) in [7, 11) is -3.56. The molecule has 1 aromatic rings. The van der Waals surface area contributed by atoms with Gasteiger partial charge in [0.2, 0.25) is 27.7 Å². The number of nitrogens with two attached hydrogens (primary N) is 1. The maximum absolute atomic E-state index is 13.7. The standard InChI is InChI=1S/C32H44N4O10S/c1-32(2,3)46-31(41)34-25(12-8-16-44-15-7-11-21-17-24(21)28(38)35-47(42,43)23-13-14-23)29(39)36-19-22(18-26(36)27(33)37)45-30(40)20-9-5-4-6-10-20/h4-7,9-11,21-26H,8,12-19H2,1-3H3,(H2,33,37)(H,34,41)(H,35,38)/b11-7-/t21-,22-,24+,25+,26+/m1/s1. The second-order valence-electron chi connectivity index (χ2n) is 13.1. The molecule has 3 fully saturated rings. The van der Waals surface area contributed by atoms with Crippen LogP contribution < -0.4 is 15.8 Å². The van der Waals surface area contributed by atoms with E-state index in [2.05, 4.69) is 10.0 Å². The summed E-state index contributed by atoms with van der Waals surface area (Å²) in [6.07, 6.45) is 4.25. The Morgan fingerprint density at radius 1 is 1.09 bits per heavy atom. The molecule has 14 nitrogen and oxygen atoms in total. The van der Waals surface area contributed by atoms with Crippen molar-refractivity contribution in [1.29, 1.82) is 0 Å². The van der Waals surface area contributed by atoms with Crippen LogP contribution in [0.15, 0.2) is 42.5 Å². The minimum atomic E-state index is -3.56. The fraction of sp³-hybridized carbons (Fsp3) is 0.594. The van der Waals surface area contributed by atoms with Crippen LogP contribution in [0.5, 0.6) is 0 Å². The molecule has 3 aliphatic rings. The summed E-state index contributed by atoms with van der Waals surface area (Å²) in [4.78, 5) is 64.7. The van der Waals surface area contributed by atoms with Gasteiger partial charge in [0.05, 0.1) is 24.0 Å². The molecule has 4 amide bonds. The first-order chi connectivity index (χ1) is 22.1. The lowest BCUT2D eigenvalue weighted by Crippen LogP contribution is -2.53. The monoisotopic (exact) mass is 676 g/mol. The third kappa shape index (κ3) is 10.8. The fourth-order valence-electron chi connectivity index (χ4n) is 5.27. The quantitative estimate of drug-likeness (QED) is 0.140. The van der Waals surface area contributed by atoms with Crippen LogP contribution in [0.25, 0.3) is 0 Å². The van der Waals surface area contributed by atoms with Crippen molar-refractivity contribution in [2.75, 3.05) is 19.8 Å². The molecule has 2 aliphatic carbocycles. The molecule has 1 aromatic carbocycles. The van der Waals surface area contributed by atoms with Crippen molar-refractivity contribution in [3.05, 3.63) is 48.0 Å². The Morgan fingerprint density at radius 3 is 2.43 bits per heavy atom. The van der Waals surface area contributed by atoms with E-state index >= 15 is 0 Å². The van der Waals surface area contributed by atoms with Crippen molar-refractivity contribution in [2.24, 2.45) is 17.6 Å². The molecular formula is C32H44N4O10S. The van der Waals surface area contributed by atoms with E-state index in [9.17, 15) is 32.4 Å². The molecule has 1 heterocycles. The molecule has 47 heavy (non-hydrogen) atoms. The second-order valence-corrected chi connectivity index (χ2v) is 15.1. The predicted octanol–water partition coefficient (Wildman–Crippen LogP) is 1.79. The molecule has 0 spiro atoms. The van der Waals surface area contributed by atoms with Gasteiger partial charge in [0.25, 0.3) is 0 Å². The molecule has 1 saturated heterocycles. The second kappa shape index (κ2) is 15.3. The number of allylic oxidation sites excluding steroid dienone is 1. The molecule has 2 saturated carbocycles. The Kier molecular flexibility index (Phi) is 11.7. The predicted molar refractivity (Wildman–Crippen MR) is 169 cm³/mol. The van der Waals surface area contributed by atoms with Crippen LogP contribution in [-0.4, -0.2) is 91.9 Å². The first kappa shape index (κ1) is 35.9. The molecule has 0 unspecified atom stereocenters. The number of primary amides is 1. The number of nitrogens with zero attached hydrogens (tertiary/aromatic N) is 1. The normalized spacial score (nSPS) is 23.2. The topological polar surface area (TPSA) is 200 Å². The first-order valence-electron chi connectivity index (χ1n) is 15.8. The molecule has 15 heteroatoms. The zero-order valence-corrected chi connectivity index (χ0v) is 27.7. The molecular weight excluding hydrogens is 632 g/mol. The molecule has 0 aromatic heterocycles. The summed E-state index contributed by atoms with van der Waals surface area (Å²) < 4.78 is 42.7. The zero-order chi connectivity index (χ0) is 34.4. The van der Waals surface area contributed by atoms with Crippen molar-refractivity contribution in [3.63, 3.8) is 0 Å². The summed E-state index contributed by atoms with van der Waals surface area (Å²) in [5.41, 5.74) is 5.12. The van der Waals surface area contributed by atoms with Gasteiger partial charge in [0.1, 0.15) is 23.8 Å². The van der Waals surface area contributed by atoms with Gasteiger partial charge >= 0.3 is 12.1 Å². The number of sulfonamides is 1. The van der Waals surface area contributed by atoms with Gasteiger partial charge in [0, 0.05) is 18.9 Å². The van der Waals surface area contributed by atoms with Crippen LogP contribution in [0.4, 0.5) is 4.79 Å². The maximum atomic E-state index is 13.7. The highest BCUT2D eigenvalue weighted by molar-refractivity contribution is 7.90. The smallest absolute Gasteiger partial charge is 0.408 e. The summed E-state index contributed by atoms with van der Waals surface area (Å²) in [6, 6.07) is 6.21. The van der Waals surface area contributed by atoms with Crippen LogP contribution in [-0.2, 0) is 38.6 Å². The molecule has 4 rings (SSSR count). The lowest BCUT2D eigenvalue weighted by Gasteiger charge is -2.28. The number of rotatable bonds is 15. The number of hydrogen-bond donors (Lipinski definition) is 3. The summed E-state index contributed by atoms with van der Waals surface area (Å²) in [6.45, 7) is 5.44. The number of carbonyl (C=O) groups is 5. The first-order valence-corrected chi connectivity index (χ1v) is 17.3. The van der Waals surface area contributed by atoms with Gasteiger partial charge in [-0.05, 0) is 70.9 Å². The van der Waals surface area contributed by atoms with Crippen molar-refractivity contribution in [1.82, 2.24) is 14.9 Å². The summed E-state index contributed by atoms with van der Waals surface area (Å²) >= 11 is 0. The Hall–Kier alpha value is -3.98. The van der Waals surface area contributed by atoms with E-state index in [0.29, 0.717) is 31.2 Å². The van der Waals surface area contributed by atoms with Crippen LogP contribution in [0.2, 0.25) is 0 Å². The fourth-order valence-corrected chi connectivity index (χ4v) is 6.63. The summed E-state index contributed by atoms with van der Waals surface area (Å²) in [5, 5.41) is 2.14. The van der Waals surface area contributed by atoms with Crippen LogP contribution in [0.3, 0.4) is 0 Å². The minimum Gasteiger partial charge on any atom is -0.457 e. The van der Waals surface area contributed by atoms with Gasteiger partial charge in [-0.3, -0.25) is 19.1 Å². The Bertz CT molecular complexity index is 1460. The van der Waals surface area contributed by atoms with Crippen LogP contribution >= 0.6 is 0 Å². The van der Waals surface area contributed by atoms with Gasteiger partial charge < -0.3 is 30.2 Å². The molecule has 0 radical (unpaired) electrons. The van der Waals surface area contributed by atoms with Gasteiger partial charge in [0.15, 0.2) is 0 Å². The number of esters is 1. The van der Waals surface area contributed by atoms with E-state index in [4.69, 9.17) is 19.9 Å². The molecule has 4 N–H and O–H groups in total. The molecule has 0 bridgehead atoms. The lowest BCUT2D eigenvalue weighted by atomic mass is 10.1. The highest BCUT2D eigenvalue weighted by atomic mass is 32.2. The zero-order valence-electron chi connectivity index (χ0n) is 26.9. The number of likely N-dealkylation sites (tertiary alicyclic amines) is 1. The number of benzene rings is 1. The Balaban J connectivity index is 1.27. The number of ether oxygens (including phenoxy) is 3. The van der Waals surface area contributed by atoms with E-state index in [1.54, 1.807) is 57.2 Å². The molecule has 258 valence electrons. The maximum Gasteiger partial charge on any atom is 0.408 e. The van der Waals surface area contributed by atoms with E-state index < -0.39 is 68.8 Å². The average molecular weight is 677 g/mol. The highest BCUT2D eigenvalue weighted by Crippen LogP contribution is 2.40. The highest BCUT2D eigenvalue weighted by Gasteiger charge is 2.45. The third-order valence-corrected chi connectivity index (χ3v) is 9.74. The Morgan fingerprint density at radius 2 is 1.79 bits per heavy atom. The van der Waals surface area contributed by atoms with Crippen LogP contribution in [0.1, 0.15) is 69.7 Å². The average Bonchev–Trinajstić information content (AvgIpc) is 3.92. The van der Waals surface area contributed by atoms with Crippen molar-refractivity contribution in [2.45, 2.75) is 88.3 Å². The van der Waals surface area contributed by atoms with E-state index in [1.807, 2.05) is 6.08 Å². The van der Waals surface area contributed by atoms with Gasteiger partial charge in [-0.2, -0.15) is 0 Å². The number of nitrogens with one attached hydrogen (secondary N) is 2. The third-order valence-electron chi connectivity index (χ3n) is 7.91. The number of carbonyl (C=O) groups excluding carboxylic acids is 5. The van der Waals surface area contributed by atoms with E-state index in [1.165, 1.54) is 4.90 Å². The largest absolute Gasteiger partial charge is 0.457 e. The minimum absolute atomic E-state index is 0.0219. The lowest BCUT2D eigenvalue weighted by molar-refractivity contribution is -0.139. The number of hydrogen-bond acceptors (Lipinski definition) is 10. The number of amides is 4. The Labute approximate surface area is 274 Å². The summed E-state index contributed by atoms with van der Waals surface area (Å²) in [5.74, 6) is -2.82. The number of alkyl carbamates (subject to hydrolysis) is 1. The molecule has 1 aliphatic heterocycles. The SMILES string of the molecule is CC(C)(C)OC(=O)N[C@@H](CCCOC/C=C\[C@@H]1C[C@@H]1C(=O)NS(=O)(=O)C1CC1)C(=O)N1C[C@H](OC(=O)c2ccccc2)C[C@H]1C(N)=O. The van der Waals surface area contributed by atoms with Crippen LogP contribution in [0, 0.1) is 11.8 Å².